The minimum Gasteiger partial charge on any atom is -0.275 e. The first kappa shape index (κ1) is 19.5. The van der Waals surface area contributed by atoms with Crippen molar-refractivity contribution in [3.05, 3.63) is 64.1 Å². The third-order valence-corrected chi connectivity index (χ3v) is 5.62. The van der Waals surface area contributed by atoms with Gasteiger partial charge in [0.2, 0.25) is 0 Å². The molecule has 2 aromatic rings. The first-order valence-electron chi connectivity index (χ1n) is 7.09. The summed E-state index contributed by atoms with van der Waals surface area (Å²) in [5, 5.41) is 0.0587. The van der Waals surface area contributed by atoms with Crippen LogP contribution in [0.5, 0.6) is 0 Å². The molecule has 0 aliphatic heterocycles. The summed E-state index contributed by atoms with van der Waals surface area (Å²) in [6, 6.07) is 13.1. The average molecular weight is 442 g/mol. The Morgan fingerprint density at radius 2 is 1.64 bits per heavy atom. The highest BCUT2D eigenvalue weighted by Crippen LogP contribution is 2.17. The van der Waals surface area contributed by atoms with Crippen LogP contribution < -0.4 is 10.9 Å². The number of hydrazine groups is 1. The summed E-state index contributed by atoms with van der Waals surface area (Å²) in [6.07, 6.45) is 1.65. The Morgan fingerprint density at radius 3 is 2.20 bits per heavy atom. The smallest absolute Gasteiger partial charge is 0.275 e. The Morgan fingerprint density at radius 1 is 1.04 bits per heavy atom. The predicted octanol–water partition coefficient (Wildman–Crippen LogP) is 3.10. The lowest BCUT2D eigenvalue weighted by molar-refractivity contribution is 0.0944. The molecule has 0 fully saturated rings. The summed E-state index contributed by atoms with van der Waals surface area (Å²) in [7, 11) is -3.87. The number of amidine groups is 1. The molecule has 0 heterocycles. The van der Waals surface area contributed by atoms with Crippen molar-refractivity contribution in [1.29, 1.82) is 0 Å². The normalized spacial score (nSPS) is 11.9. The minimum absolute atomic E-state index is 0.0587. The van der Waals surface area contributed by atoms with E-state index in [9.17, 15) is 13.2 Å². The minimum atomic E-state index is -3.87. The fourth-order valence-electron chi connectivity index (χ4n) is 1.77. The van der Waals surface area contributed by atoms with Crippen LogP contribution in [0.4, 0.5) is 0 Å². The lowest BCUT2D eigenvalue weighted by atomic mass is 10.1. The molecule has 0 atom stereocenters. The Balaban J connectivity index is 2.10. The third-order valence-electron chi connectivity index (χ3n) is 3.10. The number of thioether (sulfide) groups is 1. The number of rotatable bonds is 3. The van der Waals surface area contributed by atoms with Crippen molar-refractivity contribution in [1.82, 2.24) is 10.9 Å². The number of benzene rings is 2. The van der Waals surface area contributed by atoms with Gasteiger partial charge >= 0.3 is 0 Å². The molecule has 1 amide bonds. The number of nitrogens with zero attached hydrogens (tertiary/aromatic N) is 1. The number of sulfonamides is 1. The van der Waals surface area contributed by atoms with Gasteiger partial charge in [-0.1, -0.05) is 45.4 Å². The van der Waals surface area contributed by atoms with Gasteiger partial charge in [-0.05, 0) is 49.6 Å². The zero-order chi connectivity index (χ0) is 18.4. The van der Waals surface area contributed by atoms with Gasteiger partial charge in [-0.3, -0.25) is 15.6 Å². The van der Waals surface area contributed by atoms with Crippen molar-refractivity contribution in [2.75, 3.05) is 6.26 Å². The molecule has 0 aliphatic rings. The zero-order valence-corrected chi connectivity index (χ0v) is 16.7. The van der Waals surface area contributed by atoms with E-state index < -0.39 is 10.0 Å². The van der Waals surface area contributed by atoms with Crippen molar-refractivity contribution in [2.45, 2.75) is 11.8 Å². The molecule has 25 heavy (non-hydrogen) atoms. The number of amides is 1. The van der Waals surface area contributed by atoms with Crippen molar-refractivity contribution in [3.8, 4) is 0 Å². The summed E-state index contributed by atoms with van der Waals surface area (Å²) in [6.45, 7) is 1.92. The monoisotopic (exact) mass is 441 g/mol. The van der Waals surface area contributed by atoms with Crippen molar-refractivity contribution < 1.29 is 13.2 Å². The molecule has 9 heteroatoms. The summed E-state index contributed by atoms with van der Waals surface area (Å²) in [4.78, 5) is 12.1. The van der Waals surface area contributed by atoms with Crippen LogP contribution in [0.15, 0.2) is 62.3 Å². The Hall–Kier alpha value is -1.84. The van der Waals surface area contributed by atoms with Crippen LogP contribution in [-0.2, 0) is 10.0 Å². The van der Waals surface area contributed by atoms with Crippen LogP contribution in [0.25, 0.3) is 0 Å². The Labute approximate surface area is 159 Å². The number of aryl methyl sites for hydroxylation is 1. The molecule has 0 saturated heterocycles. The van der Waals surface area contributed by atoms with Crippen LogP contribution in [0, 0.1) is 6.92 Å². The second-order valence-corrected chi connectivity index (χ2v) is 8.29. The molecule has 0 saturated carbocycles. The Bertz CT molecular complexity index is 880. The number of hydrogen-bond donors (Lipinski definition) is 2. The average Bonchev–Trinajstić information content (AvgIpc) is 2.59. The highest BCUT2D eigenvalue weighted by atomic mass is 79.9. The second kappa shape index (κ2) is 8.50. The predicted molar refractivity (Wildman–Crippen MR) is 104 cm³/mol. The zero-order valence-electron chi connectivity index (χ0n) is 13.5. The molecule has 0 spiro atoms. The molecule has 2 rings (SSSR count). The SMILES string of the molecule is CSC(=NS(=O)(=O)c1ccc(Br)cc1)NNC(=O)c1ccc(C)cc1. The van der Waals surface area contributed by atoms with E-state index in [1.165, 1.54) is 12.1 Å². The Kier molecular flexibility index (Phi) is 6.63. The number of carbonyl (C=O) groups is 1. The van der Waals surface area contributed by atoms with Gasteiger partial charge in [0.05, 0.1) is 4.90 Å². The lowest BCUT2D eigenvalue weighted by Gasteiger charge is -2.09. The number of carbonyl (C=O) groups excluding carboxylic acids is 1. The van der Waals surface area contributed by atoms with Crippen molar-refractivity contribution >= 4 is 48.8 Å². The van der Waals surface area contributed by atoms with Crippen LogP contribution in [0.2, 0.25) is 0 Å². The highest BCUT2D eigenvalue weighted by molar-refractivity contribution is 9.10. The van der Waals surface area contributed by atoms with Crippen molar-refractivity contribution in [3.63, 3.8) is 0 Å². The molecule has 132 valence electrons. The van der Waals surface area contributed by atoms with Crippen LogP contribution in [0.1, 0.15) is 15.9 Å². The first-order valence-corrected chi connectivity index (χ1v) is 10.5. The maximum absolute atomic E-state index is 12.3. The van der Waals surface area contributed by atoms with Gasteiger partial charge in [-0.25, -0.2) is 0 Å². The van der Waals surface area contributed by atoms with Gasteiger partial charge in [0.1, 0.15) is 0 Å². The quantitative estimate of drug-likeness (QED) is 0.434. The van der Waals surface area contributed by atoms with Gasteiger partial charge < -0.3 is 0 Å². The molecular weight excluding hydrogens is 426 g/mol. The first-order chi connectivity index (χ1) is 11.8. The van der Waals surface area contributed by atoms with Gasteiger partial charge in [0.15, 0.2) is 5.17 Å². The number of nitrogens with one attached hydrogen (secondary N) is 2. The van der Waals surface area contributed by atoms with E-state index in [-0.39, 0.29) is 16.0 Å². The van der Waals surface area contributed by atoms with Gasteiger partial charge in [-0.15, -0.1) is 4.40 Å². The summed E-state index contributed by atoms with van der Waals surface area (Å²) in [5.41, 5.74) is 6.48. The maximum atomic E-state index is 12.3. The largest absolute Gasteiger partial charge is 0.284 e. The number of hydrogen-bond acceptors (Lipinski definition) is 4. The molecule has 0 aliphatic carbocycles. The fourth-order valence-corrected chi connectivity index (χ4v) is 3.63. The standard InChI is InChI=1S/C16H16BrN3O3S2/c1-11-3-5-12(6-4-11)15(21)18-19-16(24-2)20-25(22,23)14-9-7-13(17)8-10-14/h3-10H,1-2H3,(H,18,21)(H,19,20). The summed E-state index contributed by atoms with van der Waals surface area (Å²) in [5.74, 6) is -0.386. The van der Waals surface area contributed by atoms with Crippen LogP contribution >= 0.6 is 27.7 Å². The molecule has 0 radical (unpaired) electrons. The van der Waals surface area contributed by atoms with Gasteiger partial charge in [0, 0.05) is 10.0 Å². The van der Waals surface area contributed by atoms with Crippen LogP contribution in [-0.4, -0.2) is 25.7 Å². The fraction of sp³-hybridized carbons (Fsp3) is 0.125. The lowest BCUT2D eigenvalue weighted by Crippen LogP contribution is -2.40. The molecule has 2 aromatic carbocycles. The highest BCUT2D eigenvalue weighted by Gasteiger charge is 2.15. The maximum Gasteiger partial charge on any atom is 0.284 e. The van der Waals surface area contributed by atoms with E-state index >= 15 is 0 Å². The molecular formula is C16H16BrN3O3S2. The van der Waals surface area contributed by atoms with E-state index in [0.717, 1.165) is 21.8 Å². The summed E-state index contributed by atoms with van der Waals surface area (Å²) < 4.78 is 29.1. The van der Waals surface area contributed by atoms with E-state index in [1.54, 1.807) is 30.5 Å². The number of halogens is 1. The van der Waals surface area contributed by atoms with Crippen LogP contribution in [0.3, 0.4) is 0 Å². The van der Waals surface area contributed by atoms with E-state index in [1.807, 2.05) is 19.1 Å². The molecule has 0 aromatic heterocycles. The van der Waals surface area contributed by atoms with Crippen molar-refractivity contribution in [2.24, 2.45) is 4.40 Å². The van der Waals surface area contributed by atoms with E-state index in [0.29, 0.717) is 5.56 Å². The van der Waals surface area contributed by atoms with Gasteiger partial charge in [0.25, 0.3) is 15.9 Å². The molecule has 0 unspecified atom stereocenters. The van der Waals surface area contributed by atoms with E-state index in [4.69, 9.17) is 0 Å². The molecule has 0 bridgehead atoms. The third kappa shape index (κ3) is 5.58. The molecule has 6 nitrogen and oxygen atoms in total. The topological polar surface area (TPSA) is 87.6 Å². The summed E-state index contributed by atoms with van der Waals surface area (Å²) >= 11 is 4.32. The van der Waals surface area contributed by atoms with Gasteiger partial charge in [-0.2, -0.15) is 8.42 Å². The molecule has 2 N–H and O–H groups in total. The second-order valence-electron chi connectivity index (χ2n) is 4.97. The van der Waals surface area contributed by atoms with E-state index in [2.05, 4.69) is 31.2 Å².